The van der Waals surface area contributed by atoms with Crippen molar-refractivity contribution in [2.75, 3.05) is 18.2 Å². The summed E-state index contributed by atoms with van der Waals surface area (Å²) in [5.41, 5.74) is 3.74. The first-order chi connectivity index (χ1) is 11.9. The Morgan fingerprint density at radius 3 is 2.36 bits per heavy atom. The van der Waals surface area contributed by atoms with Crippen LogP contribution in [0, 0.1) is 13.8 Å². The van der Waals surface area contributed by atoms with Crippen molar-refractivity contribution < 1.29 is 18.5 Å². The molecule has 0 aliphatic heterocycles. The van der Waals surface area contributed by atoms with Gasteiger partial charge in [-0.3, -0.25) is 9.00 Å². The molecule has 1 atom stereocenters. The number of ether oxygens (including phenoxy) is 1. The highest BCUT2D eigenvalue weighted by Gasteiger charge is 2.12. The van der Waals surface area contributed by atoms with Crippen LogP contribution in [-0.2, 0) is 26.1 Å². The Bertz CT molecular complexity index is 797. The van der Waals surface area contributed by atoms with Crippen molar-refractivity contribution in [1.29, 1.82) is 0 Å². The Hall–Kier alpha value is -2.47. The van der Waals surface area contributed by atoms with E-state index in [1.807, 2.05) is 32.0 Å². The maximum Gasteiger partial charge on any atom is 0.338 e. The van der Waals surface area contributed by atoms with Gasteiger partial charge in [0.1, 0.15) is 0 Å². The van der Waals surface area contributed by atoms with Crippen LogP contribution in [-0.4, -0.2) is 28.9 Å². The van der Waals surface area contributed by atoms with Gasteiger partial charge in [-0.1, -0.05) is 30.3 Å². The minimum atomic E-state index is -0.993. The predicted octanol–water partition coefficient (Wildman–Crippen LogP) is 2.98. The number of amides is 1. The molecule has 0 bridgehead atoms. The average molecular weight is 359 g/mol. The molecule has 2 aromatic carbocycles. The molecule has 0 saturated carbocycles. The Morgan fingerprint density at radius 1 is 1.08 bits per heavy atom. The molecule has 6 heteroatoms. The third-order valence-electron chi connectivity index (χ3n) is 3.61. The van der Waals surface area contributed by atoms with Crippen LogP contribution < -0.4 is 5.32 Å². The topological polar surface area (TPSA) is 72.5 Å². The first kappa shape index (κ1) is 18.9. The van der Waals surface area contributed by atoms with E-state index in [9.17, 15) is 13.8 Å². The molecule has 1 amide bonds. The van der Waals surface area contributed by atoms with E-state index in [-0.39, 0.29) is 6.61 Å². The van der Waals surface area contributed by atoms with Crippen LogP contribution in [0.1, 0.15) is 27.0 Å². The molecule has 25 heavy (non-hydrogen) atoms. The molecule has 5 nitrogen and oxygen atoms in total. The van der Waals surface area contributed by atoms with Gasteiger partial charge in [0.05, 0.1) is 5.56 Å². The Kier molecular flexibility index (Phi) is 6.47. The monoisotopic (exact) mass is 359 g/mol. The zero-order valence-electron chi connectivity index (χ0n) is 14.5. The highest BCUT2D eigenvalue weighted by atomic mass is 32.2. The predicted molar refractivity (Wildman–Crippen MR) is 99.0 cm³/mol. The van der Waals surface area contributed by atoms with E-state index < -0.39 is 22.7 Å². The van der Waals surface area contributed by atoms with Gasteiger partial charge in [-0.25, -0.2) is 4.79 Å². The highest BCUT2D eigenvalue weighted by molar-refractivity contribution is 7.83. The fourth-order valence-corrected chi connectivity index (χ4v) is 3.07. The van der Waals surface area contributed by atoms with E-state index in [1.165, 1.54) is 0 Å². The summed E-state index contributed by atoms with van der Waals surface area (Å²) in [5, 5.41) is 2.77. The van der Waals surface area contributed by atoms with E-state index in [0.29, 0.717) is 11.3 Å². The summed E-state index contributed by atoms with van der Waals surface area (Å²) in [6, 6.07) is 12.5. The lowest BCUT2D eigenvalue weighted by Crippen LogP contribution is -2.21. The summed E-state index contributed by atoms with van der Waals surface area (Å²) in [6.07, 6.45) is 1.60. The zero-order chi connectivity index (χ0) is 18.4. The molecule has 1 unspecified atom stereocenters. The van der Waals surface area contributed by atoms with Crippen molar-refractivity contribution in [2.45, 2.75) is 19.6 Å². The van der Waals surface area contributed by atoms with Gasteiger partial charge in [0, 0.05) is 28.5 Å². The molecule has 2 aromatic rings. The van der Waals surface area contributed by atoms with Crippen molar-refractivity contribution >= 4 is 28.4 Å². The van der Waals surface area contributed by atoms with Crippen LogP contribution in [0.4, 0.5) is 5.69 Å². The van der Waals surface area contributed by atoms with Gasteiger partial charge in [0.25, 0.3) is 5.91 Å². The molecule has 0 spiro atoms. The largest absolute Gasteiger partial charge is 0.452 e. The van der Waals surface area contributed by atoms with E-state index >= 15 is 0 Å². The van der Waals surface area contributed by atoms with Crippen LogP contribution in [0.2, 0.25) is 0 Å². The molecular weight excluding hydrogens is 338 g/mol. The number of anilines is 1. The first-order valence-corrected chi connectivity index (χ1v) is 9.51. The quantitative estimate of drug-likeness (QED) is 0.805. The normalized spacial score (nSPS) is 11.6. The standard InChI is InChI=1S/C19H21NO4S/c1-13-6-4-7-14(2)18(13)20-17(21)11-24-19(22)16-9-5-8-15(10-16)12-25(3)23/h4-10H,11-12H2,1-3H3,(H,20,21). The molecule has 132 valence electrons. The van der Waals surface area contributed by atoms with Gasteiger partial charge in [-0.2, -0.15) is 0 Å². The molecule has 0 fully saturated rings. The highest BCUT2D eigenvalue weighted by Crippen LogP contribution is 2.19. The van der Waals surface area contributed by atoms with Crippen molar-refractivity contribution in [3.8, 4) is 0 Å². The molecule has 0 heterocycles. The minimum Gasteiger partial charge on any atom is -0.452 e. The van der Waals surface area contributed by atoms with Crippen LogP contribution in [0.5, 0.6) is 0 Å². The second-order valence-electron chi connectivity index (χ2n) is 5.81. The lowest BCUT2D eigenvalue weighted by atomic mass is 10.1. The number of nitrogens with one attached hydrogen (secondary N) is 1. The summed E-state index contributed by atoms with van der Waals surface area (Å²) < 4.78 is 16.4. The number of hydrogen-bond acceptors (Lipinski definition) is 4. The smallest absolute Gasteiger partial charge is 0.338 e. The summed E-state index contributed by atoms with van der Waals surface area (Å²) in [5.74, 6) is -0.606. The average Bonchev–Trinajstić information content (AvgIpc) is 2.56. The number of carbonyl (C=O) groups excluding carboxylic acids is 2. The van der Waals surface area contributed by atoms with E-state index in [4.69, 9.17) is 4.74 Å². The number of benzene rings is 2. The number of hydrogen-bond donors (Lipinski definition) is 1. The number of para-hydroxylation sites is 1. The maximum atomic E-state index is 12.1. The third-order valence-corrected chi connectivity index (χ3v) is 4.35. The van der Waals surface area contributed by atoms with Gasteiger partial charge in [0.2, 0.25) is 0 Å². The summed E-state index contributed by atoms with van der Waals surface area (Å²) in [6.45, 7) is 3.44. The second-order valence-corrected chi connectivity index (χ2v) is 7.24. The molecule has 0 saturated heterocycles. The van der Waals surface area contributed by atoms with Gasteiger partial charge in [-0.15, -0.1) is 0 Å². The third kappa shape index (κ3) is 5.53. The van der Waals surface area contributed by atoms with Crippen molar-refractivity contribution in [1.82, 2.24) is 0 Å². The Morgan fingerprint density at radius 2 is 1.72 bits per heavy atom. The maximum absolute atomic E-state index is 12.1. The second kappa shape index (κ2) is 8.58. The Balaban J connectivity index is 1.95. The SMILES string of the molecule is Cc1cccc(C)c1NC(=O)COC(=O)c1cccc(CS(C)=O)c1. The van der Waals surface area contributed by atoms with Crippen molar-refractivity contribution in [3.63, 3.8) is 0 Å². The van der Waals surface area contributed by atoms with Crippen molar-refractivity contribution in [3.05, 3.63) is 64.7 Å². The molecular formula is C19H21NO4S. The zero-order valence-corrected chi connectivity index (χ0v) is 15.3. The molecule has 0 radical (unpaired) electrons. The lowest BCUT2D eigenvalue weighted by Gasteiger charge is -2.11. The molecule has 2 rings (SSSR count). The fourth-order valence-electron chi connectivity index (χ4n) is 2.42. The number of aryl methyl sites for hydroxylation is 2. The van der Waals surface area contributed by atoms with Gasteiger partial charge < -0.3 is 10.1 Å². The van der Waals surface area contributed by atoms with E-state index in [0.717, 1.165) is 22.4 Å². The molecule has 1 N–H and O–H groups in total. The summed E-state index contributed by atoms with van der Waals surface area (Å²) >= 11 is 0. The number of carbonyl (C=O) groups is 2. The van der Waals surface area contributed by atoms with Gasteiger partial charge in [-0.05, 0) is 42.7 Å². The summed E-state index contributed by atoms with van der Waals surface area (Å²) in [7, 11) is -0.993. The molecule has 0 aromatic heterocycles. The van der Waals surface area contributed by atoms with Crippen LogP contribution >= 0.6 is 0 Å². The Labute approximate surface area is 149 Å². The fraction of sp³-hybridized carbons (Fsp3) is 0.263. The van der Waals surface area contributed by atoms with Crippen molar-refractivity contribution in [2.24, 2.45) is 0 Å². The van der Waals surface area contributed by atoms with E-state index in [2.05, 4.69) is 5.32 Å². The minimum absolute atomic E-state index is 0.336. The van der Waals surface area contributed by atoms with Crippen LogP contribution in [0.15, 0.2) is 42.5 Å². The molecule has 0 aliphatic rings. The van der Waals surface area contributed by atoms with Gasteiger partial charge in [0.15, 0.2) is 6.61 Å². The van der Waals surface area contributed by atoms with Crippen LogP contribution in [0.25, 0.3) is 0 Å². The number of esters is 1. The molecule has 0 aliphatic carbocycles. The van der Waals surface area contributed by atoms with Gasteiger partial charge >= 0.3 is 5.97 Å². The summed E-state index contributed by atoms with van der Waals surface area (Å²) in [4.78, 5) is 24.1. The first-order valence-electron chi connectivity index (χ1n) is 7.79. The van der Waals surface area contributed by atoms with E-state index in [1.54, 1.807) is 30.5 Å². The van der Waals surface area contributed by atoms with Crippen LogP contribution in [0.3, 0.4) is 0 Å². The lowest BCUT2D eigenvalue weighted by molar-refractivity contribution is -0.119. The number of rotatable bonds is 6.